The molecule has 2 heterocycles. The van der Waals surface area contributed by atoms with Gasteiger partial charge in [-0.25, -0.2) is 4.39 Å². The monoisotopic (exact) mass is 325 g/mol. The molecule has 0 saturated carbocycles. The summed E-state index contributed by atoms with van der Waals surface area (Å²) < 4.78 is 14.5. The van der Waals surface area contributed by atoms with E-state index >= 15 is 0 Å². The molecular weight excluding hydrogens is 309 g/mol. The number of benzene rings is 1. The van der Waals surface area contributed by atoms with Gasteiger partial charge in [-0.05, 0) is 29.8 Å². The average molecular weight is 325 g/mol. The lowest BCUT2D eigenvalue weighted by atomic mass is 10.2. The van der Waals surface area contributed by atoms with Crippen LogP contribution >= 0.6 is 0 Å². The van der Waals surface area contributed by atoms with Crippen LogP contribution < -0.4 is 5.32 Å². The van der Waals surface area contributed by atoms with Crippen LogP contribution in [0.25, 0.3) is 11.4 Å². The second kappa shape index (κ2) is 6.99. The normalized spacial score (nSPS) is 10.6. The second-order valence-electron chi connectivity index (χ2n) is 5.14. The largest absolute Gasteiger partial charge is 0.350 e. The van der Waals surface area contributed by atoms with Gasteiger partial charge in [-0.3, -0.25) is 9.78 Å². The van der Waals surface area contributed by atoms with Gasteiger partial charge in [0.2, 0.25) is 11.9 Å². The predicted molar refractivity (Wildman–Crippen MR) is 87.9 cm³/mol. The van der Waals surface area contributed by atoms with Gasteiger partial charge in [0.15, 0.2) is 5.82 Å². The Kier molecular flexibility index (Phi) is 4.60. The van der Waals surface area contributed by atoms with Crippen LogP contribution in [0.5, 0.6) is 0 Å². The van der Waals surface area contributed by atoms with Crippen molar-refractivity contribution < 1.29 is 9.18 Å². The van der Waals surface area contributed by atoms with Crippen LogP contribution in [0.4, 0.5) is 10.3 Å². The number of rotatable bonds is 5. The topological polar surface area (TPSA) is 72.7 Å². The molecule has 6 nitrogen and oxygen atoms in total. The first kappa shape index (κ1) is 15.8. The van der Waals surface area contributed by atoms with Gasteiger partial charge >= 0.3 is 0 Å². The summed E-state index contributed by atoms with van der Waals surface area (Å²) in [5.74, 6) is 0.243. The zero-order chi connectivity index (χ0) is 16.9. The summed E-state index contributed by atoms with van der Waals surface area (Å²) in [4.78, 5) is 20.5. The number of halogens is 1. The fourth-order valence-corrected chi connectivity index (χ4v) is 2.20. The first-order valence-corrected chi connectivity index (χ1v) is 7.56. The number of pyridine rings is 1. The molecule has 0 aliphatic rings. The molecule has 0 unspecified atom stereocenters. The Morgan fingerprint density at radius 3 is 2.88 bits per heavy atom. The molecule has 0 atom stereocenters. The molecule has 0 saturated heterocycles. The minimum Gasteiger partial charge on any atom is -0.350 e. The SMILES string of the molecule is CCC(=O)n1nc(-c2cccnc2)nc1NCc1cccc(F)c1. The zero-order valence-electron chi connectivity index (χ0n) is 13.1. The van der Waals surface area contributed by atoms with E-state index in [1.807, 2.05) is 6.07 Å². The summed E-state index contributed by atoms with van der Waals surface area (Å²) in [6.45, 7) is 2.09. The van der Waals surface area contributed by atoms with E-state index in [0.717, 1.165) is 5.56 Å². The molecule has 24 heavy (non-hydrogen) atoms. The molecule has 3 aromatic rings. The Bertz CT molecular complexity index is 847. The van der Waals surface area contributed by atoms with Crippen LogP contribution in [0.15, 0.2) is 48.8 Å². The van der Waals surface area contributed by atoms with E-state index in [1.165, 1.54) is 16.8 Å². The van der Waals surface area contributed by atoms with E-state index in [9.17, 15) is 9.18 Å². The highest BCUT2D eigenvalue weighted by Crippen LogP contribution is 2.17. The molecule has 0 aliphatic heterocycles. The molecule has 0 spiro atoms. The van der Waals surface area contributed by atoms with Crippen molar-refractivity contribution >= 4 is 11.9 Å². The molecular formula is C17H16FN5O. The summed E-state index contributed by atoms with van der Waals surface area (Å²) in [5, 5.41) is 7.30. The number of aromatic nitrogens is 4. The molecule has 0 amide bonds. The van der Waals surface area contributed by atoms with Gasteiger partial charge in [0.1, 0.15) is 5.82 Å². The van der Waals surface area contributed by atoms with Crippen LogP contribution in [-0.4, -0.2) is 25.7 Å². The van der Waals surface area contributed by atoms with E-state index in [2.05, 4.69) is 20.4 Å². The number of carbonyl (C=O) groups excluding carboxylic acids is 1. The van der Waals surface area contributed by atoms with Gasteiger partial charge in [-0.1, -0.05) is 19.1 Å². The van der Waals surface area contributed by atoms with Crippen molar-refractivity contribution in [3.05, 3.63) is 60.2 Å². The number of carbonyl (C=O) groups is 1. The van der Waals surface area contributed by atoms with Gasteiger partial charge in [-0.15, -0.1) is 5.10 Å². The highest BCUT2D eigenvalue weighted by Gasteiger charge is 2.16. The third-order valence-electron chi connectivity index (χ3n) is 3.41. The van der Waals surface area contributed by atoms with Crippen molar-refractivity contribution in [2.75, 3.05) is 5.32 Å². The molecule has 0 bridgehead atoms. The van der Waals surface area contributed by atoms with Crippen molar-refractivity contribution in [2.45, 2.75) is 19.9 Å². The fourth-order valence-electron chi connectivity index (χ4n) is 2.20. The fraction of sp³-hybridized carbons (Fsp3) is 0.176. The minimum absolute atomic E-state index is 0.181. The lowest BCUT2D eigenvalue weighted by Crippen LogP contribution is -2.15. The first-order chi connectivity index (χ1) is 11.7. The molecule has 0 fully saturated rings. The van der Waals surface area contributed by atoms with Crippen molar-refractivity contribution in [3.63, 3.8) is 0 Å². The maximum absolute atomic E-state index is 13.3. The van der Waals surface area contributed by atoms with Gasteiger partial charge < -0.3 is 5.32 Å². The Labute approximate surface area is 138 Å². The summed E-state index contributed by atoms with van der Waals surface area (Å²) in [5.41, 5.74) is 1.46. The number of nitrogens with zero attached hydrogens (tertiary/aromatic N) is 4. The van der Waals surface area contributed by atoms with Crippen molar-refractivity contribution in [1.82, 2.24) is 19.7 Å². The third-order valence-corrected chi connectivity index (χ3v) is 3.41. The van der Waals surface area contributed by atoms with Crippen LogP contribution in [-0.2, 0) is 6.54 Å². The van der Waals surface area contributed by atoms with Crippen LogP contribution in [0, 0.1) is 5.82 Å². The average Bonchev–Trinajstić information content (AvgIpc) is 3.04. The molecule has 1 N–H and O–H groups in total. The Morgan fingerprint density at radius 1 is 1.29 bits per heavy atom. The Balaban J connectivity index is 1.88. The number of anilines is 1. The second-order valence-corrected chi connectivity index (χ2v) is 5.14. The molecule has 7 heteroatoms. The lowest BCUT2D eigenvalue weighted by molar-refractivity contribution is 0.0895. The predicted octanol–water partition coefficient (Wildman–Crippen LogP) is 3.14. The summed E-state index contributed by atoms with van der Waals surface area (Å²) in [6.07, 6.45) is 3.58. The Morgan fingerprint density at radius 2 is 2.17 bits per heavy atom. The highest BCUT2D eigenvalue weighted by molar-refractivity contribution is 5.81. The van der Waals surface area contributed by atoms with Crippen LogP contribution in [0.2, 0.25) is 0 Å². The summed E-state index contributed by atoms with van der Waals surface area (Å²) >= 11 is 0. The van der Waals surface area contributed by atoms with Gasteiger partial charge in [0, 0.05) is 30.9 Å². The van der Waals surface area contributed by atoms with Crippen molar-refractivity contribution in [2.24, 2.45) is 0 Å². The molecule has 0 radical (unpaired) electrons. The molecule has 3 rings (SSSR count). The van der Waals surface area contributed by atoms with E-state index < -0.39 is 0 Å². The van der Waals surface area contributed by atoms with E-state index in [0.29, 0.717) is 30.3 Å². The van der Waals surface area contributed by atoms with Gasteiger partial charge in [-0.2, -0.15) is 9.67 Å². The van der Waals surface area contributed by atoms with E-state index in [1.54, 1.807) is 37.5 Å². The maximum atomic E-state index is 13.3. The summed E-state index contributed by atoms with van der Waals surface area (Å²) in [7, 11) is 0. The lowest BCUT2D eigenvalue weighted by Gasteiger charge is -2.06. The maximum Gasteiger partial charge on any atom is 0.249 e. The van der Waals surface area contributed by atoms with Gasteiger partial charge in [0.05, 0.1) is 0 Å². The molecule has 1 aromatic carbocycles. The molecule has 0 aliphatic carbocycles. The Hall–Kier alpha value is -3.09. The number of hydrogen-bond donors (Lipinski definition) is 1. The smallest absolute Gasteiger partial charge is 0.249 e. The standard InChI is InChI=1S/C17H16FN5O/c1-2-15(24)23-17(20-10-12-5-3-7-14(18)9-12)21-16(22-23)13-6-4-8-19-11-13/h3-9,11H,2,10H2,1H3,(H,20,21,22). The van der Waals surface area contributed by atoms with Crippen LogP contribution in [0.1, 0.15) is 23.7 Å². The van der Waals surface area contributed by atoms with Crippen LogP contribution in [0.3, 0.4) is 0 Å². The van der Waals surface area contributed by atoms with E-state index in [-0.39, 0.29) is 11.7 Å². The van der Waals surface area contributed by atoms with Crippen molar-refractivity contribution in [3.8, 4) is 11.4 Å². The quantitative estimate of drug-likeness (QED) is 0.780. The minimum atomic E-state index is -0.309. The number of hydrogen-bond acceptors (Lipinski definition) is 5. The third kappa shape index (κ3) is 3.45. The number of nitrogens with one attached hydrogen (secondary N) is 1. The zero-order valence-corrected chi connectivity index (χ0v) is 13.1. The highest BCUT2D eigenvalue weighted by atomic mass is 19.1. The van der Waals surface area contributed by atoms with E-state index in [4.69, 9.17) is 0 Å². The first-order valence-electron chi connectivity index (χ1n) is 7.56. The van der Waals surface area contributed by atoms with Gasteiger partial charge in [0.25, 0.3) is 0 Å². The molecule has 122 valence electrons. The molecule has 2 aromatic heterocycles. The van der Waals surface area contributed by atoms with Crippen molar-refractivity contribution in [1.29, 1.82) is 0 Å². The summed E-state index contributed by atoms with van der Waals surface area (Å²) in [6, 6.07) is 9.83.